The molecule has 0 amide bonds. The van der Waals surface area contributed by atoms with Crippen molar-refractivity contribution in [1.82, 2.24) is 4.57 Å². The van der Waals surface area contributed by atoms with E-state index in [0.717, 1.165) is 6.54 Å². The lowest BCUT2D eigenvalue weighted by atomic mass is 9.98. The number of unbranched alkanes of at least 4 members (excludes halogenated alkanes) is 5. The highest BCUT2D eigenvalue weighted by Gasteiger charge is 2.20. The highest BCUT2D eigenvalue weighted by Crippen LogP contribution is 2.46. The number of aromatic nitrogens is 1. The molecule has 3 heteroatoms. The molecule has 0 bridgehead atoms. The van der Waals surface area contributed by atoms with Gasteiger partial charge in [0.1, 0.15) is 0 Å². The van der Waals surface area contributed by atoms with Gasteiger partial charge in [-0.2, -0.15) is 0 Å². The fourth-order valence-electron chi connectivity index (χ4n) is 5.41. The first kappa shape index (κ1) is 22.6. The van der Waals surface area contributed by atoms with Crippen molar-refractivity contribution >= 4 is 54.6 Å². The average Bonchev–Trinajstić information content (AvgIpc) is 3.64. The smallest absolute Gasteiger partial charge is 0.0679 e. The van der Waals surface area contributed by atoms with Crippen molar-refractivity contribution in [2.24, 2.45) is 0 Å². The zero-order valence-corrected chi connectivity index (χ0v) is 21.9. The van der Waals surface area contributed by atoms with Crippen LogP contribution in [0, 0.1) is 0 Å². The van der Waals surface area contributed by atoms with Crippen LogP contribution in [0.3, 0.4) is 0 Å². The van der Waals surface area contributed by atoms with Crippen LogP contribution < -0.4 is 0 Å². The molecular weight excluding hydrogens is 462 g/mol. The SMILES string of the molecule is CCCCCCCCn1c2ccccc2c2c(-c3ccccc3)cc3cc(-c4cccs4)sc3c21. The zero-order chi connectivity index (χ0) is 23.6. The van der Waals surface area contributed by atoms with Crippen LogP contribution in [0.25, 0.3) is 52.8 Å². The number of benzene rings is 3. The van der Waals surface area contributed by atoms with E-state index < -0.39 is 0 Å². The number of thiophene rings is 2. The summed E-state index contributed by atoms with van der Waals surface area (Å²) < 4.78 is 4.05. The average molecular weight is 494 g/mol. The maximum absolute atomic E-state index is 2.63. The fraction of sp³-hybridized carbons (Fsp3) is 0.250. The number of hydrogen-bond donors (Lipinski definition) is 0. The van der Waals surface area contributed by atoms with Gasteiger partial charge in [-0.1, -0.05) is 93.6 Å². The van der Waals surface area contributed by atoms with Crippen molar-refractivity contribution in [3.05, 3.63) is 84.2 Å². The molecule has 6 rings (SSSR count). The Morgan fingerprint density at radius 1 is 0.743 bits per heavy atom. The Labute approximate surface area is 215 Å². The highest BCUT2D eigenvalue weighted by atomic mass is 32.1. The summed E-state index contributed by atoms with van der Waals surface area (Å²) in [5.41, 5.74) is 5.43. The van der Waals surface area contributed by atoms with Crippen LogP contribution in [0.4, 0.5) is 0 Å². The molecule has 0 aliphatic rings. The molecule has 0 aliphatic heterocycles. The fourth-order valence-corrected chi connectivity index (χ4v) is 7.43. The van der Waals surface area contributed by atoms with Crippen LogP contribution in [-0.4, -0.2) is 4.57 Å². The van der Waals surface area contributed by atoms with Crippen LogP contribution in [0.15, 0.2) is 84.2 Å². The van der Waals surface area contributed by atoms with E-state index in [-0.39, 0.29) is 0 Å². The maximum Gasteiger partial charge on any atom is 0.0679 e. The molecule has 0 saturated heterocycles. The summed E-state index contributed by atoms with van der Waals surface area (Å²) in [5.74, 6) is 0. The van der Waals surface area contributed by atoms with Crippen molar-refractivity contribution < 1.29 is 0 Å². The lowest BCUT2D eigenvalue weighted by Gasteiger charge is -2.10. The number of aryl methyl sites for hydroxylation is 1. The van der Waals surface area contributed by atoms with Gasteiger partial charge >= 0.3 is 0 Å². The number of rotatable bonds is 9. The second-order valence-corrected chi connectivity index (χ2v) is 11.5. The van der Waals surface area contributed by atoms with Crippen LogP contribution in [0.5, 0.6) is 0 Å². The molecule has 0 N–H and O–H groups in total. The molecule has 0 unspecified atom stereocenters. The van der Waals surface area contributed by atoms with Gasteiger partial charge < -0.3 is 4.57 Å². The lowest BCUT2D eigenvalue weighted by molar-refractivity contribution is 0.571. The van der Waals surface area contributed by atoms with E-state index in [1.54, 1.807) is 0 Å². The molecule has 0 aliphatic carbocycles. The number of para-hydroxylation sites is 1. The quantitative estimate of drug-likeness (QED) is 0.176. The first-order valence-corrected chi connectivity index (χ1v) is 14.6. The van der Waals surface area contributed by atoms with E-state index in [4.69, 9.17) is 0 Å². The molecule has 1 nitrogen and oxygen atoms in total. The normalized spacial score (nSPS) is 11.8. The molecule has 0 saturated carbocycles. The molecule has 0 fully saturated rings. The van der Waals surface area contributed by atoms with Crippen molar-refractivity contribution in [3.8, 4) is 20.9 Å². The summed E-state index contributed by atoms with van der Waals surface area (Å²) in [6, 6.07) is 29.2. The molecule has 6 aromatic rings. The zero-order valence-electron chi connectivity index (χ0n) is 20.3. The van der Waals surface area contributed by atoms with Crippen molar-refractivity contribution in [1.29, 1.82) is 0 Å². The van der Waals surface area contributed by atoms with Gasteiger partial charge in [0.15, 0.2) is 0 Å². The van der Waals surface area contributed by atoms with Gasteiger partial charge in [0.25, 0.3) is 0 Å². The van der Waals surface area contributed by atoms with Crippen LogP contribution in [0.2, 0.25) is 0 Å². The number of fused-ring (bicyclic) bond motifs is 5. The van der Waals surface area contributed by atoms with Crippen LogP contribution in [-0.2, 0) is 6.54 Å². The van der Waals surface area contributed by atoms with Gasteiger partial charge in [-0.3, -0.25) is 0 Å². The summed E-state index contributed by atoms with van der Waals surface area (Å²) in [4.78, 5) is 2.73. The summed E-state index contributed by atoms with van der Waals surface area (Å²) >= 11 is 3.79. The molecule has 3 aromatic carbocycles. The van der Waals surface area contributed by atoms with Gasteiger partial charge in [0.2, 0.25) is 0 Å². The third kappa shape index (κ3) is 4.22. The van der Waals surface area contributed by atoms with E-state index >= 15 is 0 Å². The van der Waals surface area contributed by atoms with E-state index in [2.05, 4.69) is 95.7 Å². The van der Waals surface area contributed by atoms with Gasteiger partial charge in [-0.25, -0.2) is 0 Å². The first-order valence-electron chi connectivity index (χ1n) is 12.9. The van der Waals surface area contributed by atoms with Crippen molar-refractivity contribution in [2.45, 2.75) is 52.0 Å². The Bertz CT molecular complexity index is 1570. The molecule has 3 aromatic heterocycles. The number of nitrogens with zero attached hydrogens (tertiary/aromatic N) is 1. The Kier molecular flexibility index (Phi) is 6.45. The predicted molar refractivity (Wildman–Crippen MR) is 157 cm³/mol. The maximum atomic E-state index is 2.63. The van der Waals surface area contributed by atoms with Crippen LogP contribution in [0.1, 0.15) is 45.4 Å². The third-order valence-electron chi connectivity index (χ3n) is 7.10. The van der Waals surface area contributed by atoms with Crippen molar-refractivity contribution in [3.63, 3.8) is 0 Å². The van der Waals surface area contributed by atoms with E-state index in [1.165, 1.54) is 91.3 Å². The molecular formula is C32H31NS2. The Balaban J connectivity index is 1.58. The Morgan fingerprint density at radius 2 is 1.54 bits per heavy atom. The summed E-state index contributed by atoms with van der Waals surface area (Å²) in [5, 5.41) is 6.32. The minimum atomic E-state index is 1.08. The summed E-state index contributed by atoms with van der Waals surface area (Å²) in [6.07, 6.45) is 7.91. The minimum Gasteiger partial charge on any atom is -0.339 e. The molecule has 35 heavy (non-hydrogen) atoms. The second kappa shape index (κ2) is 10.0. The number of hydrogen-bond acceptors (Lipinski definition) is 2. The topological polar surface area (TPSA) is 4.93 Å². The highest BCUT2D eigenvalue weighted by molar-refractivity contribution is 7.26. The monoisotopic (exact) mass is 493 g/mol. The molecule has 0 radical (unpaired) electrons. The summed E-state index contributed by atoms with van der Waals surface area (Å²) in [6.45, 7) is 3.37. The summed E-state index contributed by atoms with van der Waals surface area (Å²) in [7, 11) is 0. The van der Waals surface area contributed by atoms with E-state index in [0.29, 0.717) is 0 Å². The van der Waals surface area contributed by atoms with Gasteiger partial charge in [0, 0.05) is 32.6 Å². The van der Waals surface area contributed by atoms with Crippen molar-refractivity contribution in [2.75, 3.05) is 0 Å². The molecule has 0 spiro atoms. The van der Waals surface area contributed by atoms with Crippen LogP contribution >= 0.6 is 22.7 Å². The van der Waals surface area contributed by atoms with E-state index in [9.17, 15) is 0 Å². The lowest BCUT2D eigenvalue weighted by Crippen LogP contribution is -1.98. The molecule has 3 heterocycles. The largest absolute Gasteiger partial charge is 0.339 e. The molecule has 0 atom stereocenters. The molecule has 176 valence electrons. The first-order chi connectivity index (χ1) is 17.3. The second-order valence-electron chi connectivity index (χ2n) is 9.46. The third-order valence-corrected chi connectivity index (χ3v) is 9.32. The predicted octanol–water partition coefficient (Wildman–Crippen LogP) is 10.8. The van der Waals surface area contributed by atoms with Gasteiger partial charge in [-0.05, 0) is 52.6 Å². The minimum absolute atomic E-state index is 1.08. The van der Waals surface area contributed by atoms with Gasteiger partial charge in [-0.15, -0.1) is 22.7 Å². The Hall–Kier alpha value is -2.88. The standard InChI is InChI=1S/C32H31NS2/c1-2-3-4-5-6-12-19-33-27-17-11-10-16-25(27)30-26(23-14-8-7-9-15-23)21-24-22-29(28-18-13-20-34-28)35-32(24)31(30)33/h7-11,13-18,20-22H,2-6,12,19H2,1H3. The van der Waals surface area contributed by atoms with E-state index in [1.807, 2.05) is 22.7 Å². The Morgan fingerprint density at radius 3 is 2.37 bits per heavy atom. The van der Waals surface area contributed by atoms with Gasteiger partial charge in [0.05, 0.1) is 10.2 Å².